The van der Waals surface area contributed by atoms with Crippen LogP contribution in [-0.4, -0.2) is 41.5 Å². The molecule has 0 amide bonds. The lowest BCUT2D eigenvalue weighted by Crippen LogP contribution is -2.46. The van der Waals surface area contributed by atoms with Gasteiger partial charge in [0, 0.05) is 31.7 Å². The van der Waals surface area contributed by atoms with E-state index in [-0.39, 0.29) is 0 Å². The SMILES string of the molecule is C[C@H]1CCCCN1[C@@H]1CCN(Cc2ccccc2)C1. The zero-order chi connectivity index (χ0) is 13.1. The first kappa shape index (κ1) is 13.1. The monoisotopic (exact) mass is 258 g/mol. The Balaban J connectivity index is 1.55. The molecule has 2 aliphatic heterocycles. The molecule has 2 heterocycles. The Kier molecular flexibility index (Phi) is 4.19. The van der Waals surface area contributed by atoms with Crippen molar-refractivity contribution in [2.45, 2.75) is 51.2 Å². The summed E-state index contributed by atoms with van der Waals surface area (Å²) in [6, 6.07) is 12.5. The molecular weight excluding hydrogens is 232 g/mol. The second-order valence-corrected chi connectivity index (χ2v) is 6.25. The van der Waals surface area contributed by atoms with Crippen LogP contribution in [-0.2, 0) is 6.54 Å². The third kappa shape index (κ3) is 3.18. The van der Waals surface area contributed by atoms with Crippen LogP contribution in [0.5, 0.6) is 0 Å². The molecule has 2 heteroatoms. The minimum Gasteiger partial charge on any atom is -0.297 e. The maximum absolute atomic E-state index is 2.77. The Morgan fingerprint density at radius 2 is 1.89 bits per heavy atom. The molecule has 0 unspecified atom stereocenters. The lowest BCUT2D eigenvalue weighted by atomic mass is 10.0. The van der Waals surface area contributed by atoms with Crippen LogP contribution in [0, 0.1) is 0 Å². The van der Waals surface area contributed by atoms with E-state index < -0.39 is 0 Å². The summed E-state index contributed by atoms with van der Waals surface area (Å²) >= 11 is 0. The van der Waals surface area contributed by atoms with E-state index in [0.717, 1.165) is 18.6 Å². The molecule has 2 aliphatic rings. The van der Waals surface area contributed by atoms with Gasteiger partial charge >= 0.3 is 0 Å². The van der Waals surface area contributed by atoms with Crippen molar-refractivity contribution in [2.75, 3.05) is 19.6 Å². The molecular formula is C17H26N2. The van der Waals surface area contributed by atoms with Crippen molar-refractivity contribution in [3.63, 3.8) is 0 Å². The molecule has 0 bridgehead atoms. The van der Waals surface area contributed by atoms with E-state index in [1.54, 1.807) is 0 Å². The largest absolute Gasteiger partial charge is 0.297 e. The molecule has 104 valence electrons. The first-order valence-corrected chi connectivity index (χ1v) is 7.85. The van der Waals surface area contributed by atoms with Crippen LogP contribution in [0.25, 0.3) is 0 Å². The lowest BCUT2D eigenvalue weighted by Gasteiger charge is -2.38. The van der Waals surface area contributed by atoms with Gasteiger partial charge in [-0.05, 0) is 38.3 Å². The van der Waals surface area contributed by atoms with E-state index in [1.807, 2.05) is 0 Å². The molecule has 3 rings (SSSR count). The normalized spacial score (nSPS) is 29.7. The number of rotatable bonds is 3. The van der Waals surface area contributed by atoms with Gasteiger partial charge in [-0.3, -0.25) is 9.80 Å². The zero-order valence-corrected chi connectivity index (χ0v) is 12.1. The van der Waals surface area contributed by atoms with Crippen LogP contribution < -0.4 is 0 Å². The maximum atomic E-state index is 2.77. The average molecular weight is 258 g/mol. The molecule has 0 aromatic heterocycles. The van der Waals surface area contributed by atoms with Crippen LogP contribution in [0.2, 0.25) is 0 Å². The Bertz CT molecular complexity index is 390. The van der Waals surface area contributed by atoms with Crippen LogP contribution >= 0.6 is 0 Å². The zero-order valence-electron chi connectivity index (χ0n) is 12.1. The van der Waals surface area contributed by atoms with Crippen molar-refractivity contribution in [1.29, 1.82) is 0 Å². The summed E-state index contributed by atoms with van der Waals surface area (Å²) in [5, 5.41) is 0. The summed E-state index contributed by atoms with van der Waals surface area (Å²) in [5.74, 6) is 0. The predicted octanol–water partition coefficient (Wildman–Crippen LogP) is 3.14. The molecule has 2 fully saturated rings. The fraction of sp³-hybridized carbons (Fsp3) is 0.647. The molecule has 0 spiro atoms. The molecule has 0 radical (unpaired) electrons. The first-order valence-electron chi connectivity index (χ1n) is 7.85. The van der Waals surface area contributed by atoms with Crippen LogP contribution in [0.15, 0.2) is 30.3 Å². The van der Waals surface area contributed by atoms with Gasteiger partial charge in [0.15, 0.2) is 0 Å². The Morgan fingerprint density at radius 1 is 1.05 bits per heavy atom. The Hall–Kier alpha value is -0.860. The lowest BCUT2D eigenvalue weighted by molar-refractivity contribution is 0.107. The van der Waals surface area contributed by atoms with E-state index in [0.29, 0.717) is 0 Å². The Morgan fingerprint density at radius 3 is 2.68 bits per heavy atom. The maximum Gasteiger partial charge on any atom is 0.0238 e. The van der Waals surface area contributed by atoms with Crippen molar-refractivity contribution in [1.82, 2.24) is 9.80 Å². The highest BCUT2D eigenvalue weighted by Crippen LogP contribution is 2.25. The van der Waals surface area contributed by atoms with Crippen LogP contribution in [0.1, 0.15) is 38.2 Å². The van der Waals surface area contributed by atoms with Crippen LogP contribution in [0.3, 0.4) is 0 Å². The quantitative estimate of drug-likeness (QED) is 0.822. The van der Waals surface area contributed by atoms with Crippen LogP contribution in [0.4, 0.5) is 0 Å². The molecule has 2 atom stereocenters. The summed E-state index contributed by atoms with van der Waals surface area (Å²) in [4.78, 5) is 5.40. The van der Waals surface area contributed by atoms with E-state index in [2.05, 4.69) is 47.1 Å². The number of benzene rings is 1. The van der Waals surface area contributed by atoms with Gasteiger partial charge in [0.2, 0.25) is 0 Å². The van der Waals surface area contributed by atoms with Gasteiger partial charge in [0.25, 0.3) is 0 Å². The number of likely N-dealkylation sites (tertiary alicyclic amines) is 2. The standard InChI is InChI=1S/C17H26N2/c1-15-7-5-6-11-19(15)17-10-12-18(14-17)13-16-8-3-2-4-9-16/h2-4,8-9,15,17H,5-7,10-14H2,1H3/t15-,17+/m0/s1. The molecule has 1 aromatic rings. The van der Waals surface area contributed by atoms with Gasteiger partial charge in [0.1, 0.15) is 0 Å². The Labute approximate surface area is 117 Å². The fourth-order valence-electron chi connectivity index (χ4n) is 3.73. The number of hydrogen-bond acceptors (Lipinski definition) is 2. The first-order chi connectivity index (χ1) is 9.33. The summed E-state index contributed by atoms with van der Waals surface area (Å²) in [6.07, 6.45) is 5.59. The number of hydrogen-bond donors (Lipinski definition) is 0. The second kappa shape index (κ2) is 6.06. The number of nitrogens with zero attached hydrogens (tertiary/aromatic N) is 2. The van der Waals surface area contributed by atoms with Gasteiger partial charge < -0.3 is 0 Å². The smallest absolute Gasteiger partial charge is 0.0238 e. The molecule has 0 aliphatic carbocycles. The van der Waals surface area contributed by atoms with Gasteiger partial charge in [-0.2, -0.15) is 0 Å². The minimum atomic E-state index is 0.801. The van der Waals surface area contributed by atoms with Crippen molar-refractivity contribution in [3.8, 4) is 0 Å². The fourth-order valence-corrected chi connectivity index (χ4v) is 3.73. The van der Waals surface area contributed by atoms with E-state index in [9.17, 15) is 0 Å². The van der Waals surface area contributed by atoms with E-state index in [4.69, 9.17) is 0 Å². The summed E-state index contributed by atoms with van der Waals surface area (Å²) < 4.78 is 0. The summed E-state index contributed by atoms with van der Waals surface area (Å²) in [7, 11) is 0. The topological polar surface area (TPSA) is 6.48 Å². The molecule has 1 aromatic carbocycles. The molecule has 0 N–H and O–H groups in total. The summed E-state index contributed by atoms with van der Waals surface area (Å²) in [6.45, 7) is 7.39. The van der Waals surface area contributed by atoms with Gasteiger partial charge in [-0.1, -0.05) is 36.8 Å². The van der Waals surface area contributed by atoms with Crippen molar-refractivity contribution >= 4 is 0 Å². The minimum absolute atomic E-state index is 0.801. The molecule has 19 heavy (non-hydrogen) atoms. The van der Waals surface area contributed by atoms with Crippen molar-refractivity contribution < 1.29 is 0 Å². The molecule has 0 saturated carbocycles. The van der Waals surface area contributed by atoms with Gasteiger partial charge in [-0.25, -0.2) is 0 Å². The average Bonchev–Trinajstić information content (AvgIpc) is 2.89. The van der Waals surface area contributed by atoms with Gasteiger partial charge in [-0.15, -0.1) is 0 Å². The van der Waals surface area contributed by atoms with E-state index >= 15 is 0 Å². The number of piperidine rings is 1. The molecule has 2 nitrogen and oxygen atoms in total. The van der Waals surface area contributed by atoms with Crippen molar-refractivity contribution in [2.24, 2.45) is 0 Å². The molecule has 2 saturated heterocycles. The third-order valence-corrected chi connectivity index (χ3v) is 4.82. The summed E-state index contributed by atoms with van der Waals surface area (Å²) in [5.41, 5.74) is 1.45. The van der Waals surface area contributed by atoms with Gasteiger partial charge in [0.05, 0.1) is 0 Å². The third-order valence-electron chi connectivity index (χ3n) is 4.82. The highest BCUT2D eigenvalue weighted by atomic mass is 15.3. The van der Waals surface area contributed by atoms with Crippen molar-refractivity contribution in [3.05, 3.63) is 35.9 Å². The second-order valence-electron chi connectivity index (χ2n) is 6.25. The highest BCUT2D eigenvalue weighted by molar-refractivity contribution is 5.14. The van der Waals surface area contributed by atoms with E-state index in [1.165, 1.54) is 50.9 Å². The predicted molar refractivity (Wildman–Crippen MR) is 80.1 cm³/mol. The highest BCUT2D eigenvalue weighted by Gasteiger charge is 2.31.